The molecule has 0 spiro atoms. The minimum Gasteiger partial charge on any atom is -0.393 e. The van der Waals surface area contributed by atoms with Crippen molar-refractivity contribution in [1.82, 2.24) is 0 Å². The Labute approximate surface area is 121 Å². The van der Waals surface area contributed by atoms with Crippen LogP contribution in [0.3, 0.4) is 0 Å². The highest BCUT2D eigenvalue weighted by Gasteiger charge is 2.67. The smallest absolute Gasteiger partial charge is 0.241 e. The average molecular weight is 285 g/mol. The highest BCUT2D eigenvalue weighted by Crippen LogP contribution is 2.52. The molecule has 4 rings (SSSR count). The minimum atomic E-state index is -1.03. The molecule has 0 aliphatic carbocycles. The zero-order valence-corrected chi connectivity index (χ0v) is 11.5. The Hall–Kier alpha value is -1.98. The Morgan fingerprint density at radius 1 is 1.29 bits per heavy atom. The topological polar surface area (TPSA) is 66.8 Å². The molecule has 0 unspecified atom stereocenters. The number of aryl methyl sites for hydroxylation is 1. The van der Waals surface area contributed by atoms with Crippen molar-refractivity contribution in [2.45, 2.75) is 18.6 Å². The molecule has 0 radical (unpaired) electrons. The van der Waals surface area contributed by atoms with Crippen molar-refractivity contribution < 1.29 is 19.4 Å². The molecule has 3 heterocycles. The molecule has 4 atom stereocenters. The first-order chi connectivity index (χ1) is 10.1. The largest absolute Gasteiger partial charge is 0.393 e. The molecule has 2 saturated heterocycles. The van der Waals surface area contributed by atoms with Gasteiger partial charge in [0.2, 0.25) is 11.8 Å². The lowest BCUT2D eigenvalue weighted by molar-refractivity contribution is -0.128. The highest BCUT2D eigenvalue weighted by molar-refractivity contribution is 6.23. The molecule has 2 amide bonds. The number of amides is 2. The second-order valence-electron chi connectivity index (χ2n) is 5.86. The summed E-state index contributed by atoms with van der Waals surface area (Å²) in [5.41, 5.74) is 0.465. The van der Waals surface area contributed by atoms with Crippen molar-refractivity contribution in [2.24, 2.45) is 11.8 Å². The predicted octanol–water partition coefficient (Wildman–Crippen LogP) is 0.800. The SMILES string of the molecule is Cc1ccccc1N1C(=O)[C@H]2[C@@H]3C=C[C@](CO)(O3)[C@@H]2C1=O. The van der Waals surface area contributed by atoms with E-state index in [4.69, 9.17) is 4.74 Å². The van der Waals surface area contributed by atoms with Gasteiger partial charge in [0, 0.05) is 0 Å². The van der Waals surface area contributed by atoms with Crippen LogP contribution in [0.5, 0.6) is 0 Å². The molecule has 108 valence electrons. The van der Waals surface area contributed by atoms with Crippen LogP contribution in [-0.4, -0.2) is 35.2 Å². The van der Waals surface area contributed by atoms with Gasteiger partial charge in [-0.05, 0) is 18.6 Å². The number of carbonyl (C=O) groups excluding carboxylic acids is 2. The van der Waals surface area contributed by atoms with E-state index in [-0.39, 0.29) is 18.4 Å². The number of rotatable bonds is 2. The maximum Gasteiger partial charge on any atom is 0.241 e. The number of hydrogen-bond donors (Lipinski definition) is 1. The molecular formula is C16H15NO4. The summed E-state index contributed by atoms with van der Waals surface area (Å²) >= 11 is 0. The van der Waals surface area contributed by atoms with Gasteiger partial charge in [-0.2, -0.15) is 0 Å². The fourth-order valence-electron chi connectivity index (χ4n) is 3.74. The van der Waals surface area contributed by atoms with Gasteiger partial charge in [0.1, 0.15) is 5.60 Å². The van der Waals surface area contributed by atoms with Gasteiger partial charge in [0.25, 0.3) is 0 Å². The molecule has 1 aromatic rings. The van der Waals surface area contributed by atoms with Crippen LogP contribution in [0.2, 0.25) is 0 Å². The molecule has 21 heavy (non-hydrogen) atoms. The second-order valence-corrected chi connectivity index (χ2v) is 5.86. The van der Waals surface area contributed by atoms with E-state index in [0.29, 0.717) is 5.69 Å². The lowest BCUT2D eigenvalue weighted by Gasteiger charge is -2.26. The number of para-hydroxylation sites is 1. The van der Waals surface area contributed by atoms with E-state index in [1.165, 1.54) is 4.90 Å². The maximum absolute atomic E-state index is 12.8. The Kier molecular flexibility index (Phi) is 2.44. The van der Waals surface area contributed by atoms with Crippen LogP contribution in [0.15, 0.2) is 36.4 Å². The standard InChI is InChI=1S/C16H15NO4/c1-9-4-2-3-5-10(9)17-14(19)12-11-6-7-16(8-18,21-11)13(12)15(17)20/h2-7,11-13,18H,8H2,1H3/t11-,12-,13-,16+/m0/s1. The van der Waals surface area contributed by atoms with Crippen LogP contribution in [0, 0.1) is 18.8 Å². The van der Waals surface area contributed by atoms with Gasteiger partial charge in [-0.15, -0.1) is 0 Å². The molecule has 3 aliphatic rings. The summed E-state index contributed by atoms with van der Waals surface area (Å²) in [6.45, 7) is 1.58. The number of ether oxygens (including phenoxy) is 1. The van der Waals surface area contributed by atoms with E-state index in [9.17, 15) is 14.7 Å². The van der Waals surface area contributed by atoms with Gasteiger partial charge in [-0.3, -0.25) is 9.59 Å². The van der Waals surface area contributed by atoms with Crippen LogP contribution in [0.4, 0.5) is 5.69 Å². The van der Waals surface area contributed by atoms with E-state index < -0.39 is 23.5 Å². The zero-order chi connectivity index (χ0) is 14.8. The molecule has 1 N–H and O–H groups in total. The molecule has 0 saturated carbocycles. The molecule has 1 aromatic carbocycles. The Bertz CT molecular complexity index is 683. The van der Waals surface area contributed by atoms with Crippen LogP contribution in [0.25, 0.3) is 0 Å². The van der Waals surface area contributed by atoms with Crippen LogP contribution >= 0.6 is 0 Å². The summed E-state index contributed by atoms with van der Waals surface area (Å²) in [5, 5.41) is 9.65. The third-order valence-corrected chi connectivity index (χ3v) is 4.76. The van der Waals surface area contributed by atoms with Crippen LogP contribution < -0.4 is 4.90 Å². The molecule has 3 aliphatic heterocycles. The lowest BCUT2D eigenvalue weighted by Crippen LogP contribution is -2.43. The summed E-state index contributed by atoms with van der Waals surface area (Å²) < 4.78 is 5.70. The summed E-state index contributed by atoms with van der Waals surface area (Å²) in [6.07, 6.45) is 3.10. The number of nitrogens with zero attached hydrogens (tertiary/aromatic N) is 1. The van der Waals surface area contributed by atoms with Crippen molar-refractivity contribution in [3.05, 3.63) is 42.0 Å². The van der Waals surface area contributed by atoms with Gasteiger partial charge in [0.05, 0.1) is 30.2 Å². The van der Waals surface area contributed by atoms with Gasteiger partial charge in [-0.1, -0.05) is 30.4 Å². The van der Waals surface area contributed by atoms with Gasteiger partial charge in [0.15, 0.2) is 0 Å². The number of aliphatic hydroxyl groups excluding tert-OH is 1. The average Bonchev–Trinajstić information content (AvgIpc) is 3.12. The first-order valence-electron chi connectivity index (χ1n) is 7.00. The first kappa shape index (κ1) is 12.7. The number of aliphatic hydroxyl groups is 1. The number of anilines is 1. The number of imide groups is 1. The van der Waals surface area contributed by atoms with Gasteiger partial charge < -0.3 is 9.84 Å². The van der Waals surface area contributed by atoms with E-state index in [0.717, 1.165) is 5.56 Å². The fraction of sp³-hybridized carbons (Fsp3) is 0.375. The highest BCUT2D eigenvalue weighted by atomic mass is 16.5. The summed E-state index contributed by atoms with van der Waals surface area (Å²) in [4.78, 5) is 26.8. The van der Waals surface area contributed by atoms with Gasteiger partial charge in [-0.25, -0.2) is 4.90 Å². The van der Waals surface area contributed by atoms with E-state index in [1.54, 1.807) is 18.2 Å². The van der Waals surface area contributed by atoms with Crippen LogP contribution in [-0.2, 0) is 14.3 Å². The maximum atomic E-state index is 12.8. The normalized spacial score (nSPS) is 36.7. The molecule has 0 aromatic heterocycles. The monoisotopic (exact) mass is 285 g/mol. The summed E-state index contributed by atoms with van der Waals surface area (Å²) in [7, 11) is 0. The number of benzene rings is 1. The van der Waals surface area contributed by atoms with Crippen molar-refractivity contribution in [3.63, 3.8) is 0 Å². The Balaban J connectivity index is 1.81. The van der Waals surface area contributed by atoms with Crippen LogP contribution in [0.1, 0.15) is 5.56 Å². The first-order valence-corrected chi connectivity index (χ1v) is 7.00. The summed E-state index contributed by atoms with van der Waals surface area (Å²) in [5.74, 6) is -1.65. The predicted molar refractivity (Wildman–Crippen MR) is 74.5 cm³/mol. The molecule has 5 nitrogen and oxygen atoms in total. The number of hydrogen-bond acceptors (Lipinski definition) is 4. The molecule has 2 fully saturated rings. The Morgan fingerprint density at radius 3 is 2.76 bits per heavy atom. The Morgan fingerprint density at radius 2 is 2.05 bits per heavy atom. The quantitative estimate of drug-likeness (QED) is 0.645. The number of carbonyl (C=O) groups is 2. The van der Waals surface area contributed by atoms with E-state index in [1.807, 2.05) is 25.1 Å². The fourth-order valence-corrected chi connectivity index (χ4v) is 3.74. The van der Waals surface area contributed by atoms with Crippen molar-refractivity contribution in [1.29, 1.82) is 0 Å². The van der Waals surface area contributed by atoms with Crippen molar-refractivity contribution >= 4 is 17.5 Å². The third kappa shape index (κ3) is 1.42. The molecule has 2 bridgehead atoms. The second kappa shape index (κ2) is 4.02. The van der Waals surface area contributed by atoms with Crippen molar-refractivity contribution in [3.8, 4) is 0 Å². The van der Waals surface area contributed by atoms with Crippen molar-refractivity contribution in [2.75, 3.05) is 11.5 Å². The van der Waals surface area contributed by atoms with Gasteiger partial charge >= 0.3 is 0 Å². The minimum absolute atomic E-state index is 0.232. The lowest BCUT2D eigenvalue weighted by atomic mass is 9.77. The third-order valence-electron chi connectivity index (χ3n) is 4.76. The summed E-state index contributed by atoms with van der Waals surface area (Å²) in [6, 6.07) is 7.32. The molecular weight excluding hydrogens is 270 g/mol. The van der Waals surface area contributed by atoms with E-state index >= 15 is 0 Å². The zero-order valence-electron chi connectivity index (χ0n) is 11.5. The van der Waals surface area contributed by atoms with E-state index in [2.05, 4.69) is 0 Å². The molecule has 5 heteroatoms. The number of fused-ring (bicyclic) bond motifs is 5.